The summed E-state index contributed by atoms with van der Waals surface area (Å²) in [6.45, 7) is 0.727. The van der Waals surface area contributed by atoms with Gasteiger partial charge < -0.3 is 10.1 Å². The number of hydrogen-bond donors (Lipinski definition) is 3. The van der Waals surface area contributed by atoms with Crippen molar-refractivity contribution in [3.63, 3.8) is 0 Å². The summed E-state index contributed by atoms with van der Waals surface area (Å²) in [6.07, 6.45) is 1.93. The van der Waals surface area contributed by atoms with Gasteiger partial charge in [-0.1, -0.05) is 42.5 Å². The first-order valence-electron chi connectivity index (χ1n) is 7.72. The zero-order chi connectivity index (χ0) is 17.2. The molecular formula is C18H21N3O2S. The van der Waals surface area contributed by atoms with Gasteiger partial charge in [0.2, 0.25) is 0 Å². The average molecular weight is 343 g/mol. The first kappa shape index (κ1) is 17.7. The molecule has 0 saturated carbocycles. The molecule has 0 heterocycles. The number of para-hydroxylation sites is 1. The predicted molar refractivity (Wildman–Crippen MR) is 99.0 cm³/mol. The smallest absolute Gasteiger partial charge is 0.273 e. The average Bonchev–Trinajstić information content (AvgIpc) is 2.64. The van der Waals surface area contributed by atoms with E-state index in [9.17, 15) is 4.79 Å². The third-order valence-corrected chi connectivity index (χ3v) is 3.66. The van der Waals surface area contributed by atoms with Gasteiger partial charge in [-0.05, 0) is 42.8 Å². The molecule has 0 aliphatic carbocycles. The lowest BCUT2D eigenvalue weighted by molar-refractivity contribution is 0.0940. The molecule has 6 heteroatoms. The Kier molecular flexibility index (Phi) is 7.04. The van der Waals surface area contributed by atoms with E-state index in [0.717, 1.165) is 19.4 Å². The molecule has 0 atom stereocenters. The van der Waals surface area contributed by atoms with Crippen LogP contribution in [0.3, 0.4) is 0 Å². The van der Waals surface area contributed by atoms with Crippen LogP contribution in [0.1, 0.15) is 22.3 Å². The molecule has 3 N–H and O–H groups in total. The number of methoxy groups -OCH3 is 1. The SMILES string of the molecule is COc1ccccc1C(=O)NNC(=S)NCCCc1ccccc1. The van der Waals surface area contributed by atoms with Crippen LogP contribution in [0, 0.1) is 0 Å². The zero-order valence-corrected chi connectivity index (χ0v) is 14.4. The zero-order valence-electron chi connectivity index (χ0n) is 13.5. The molecule has 0 aliphatic rings. The maximum absolute atomic E-state index is 12.1. The number of benzene rings is 2. The Hall–Kier alpha value is -2.60. The lowest BCUT2D eigenvalue weighted by Gasteiger charge is -2.13. The van der Waals surface area contributed by atoms with Gasteiger partial charge in [0.15, 0.2) is 5.11 Å². The molecule has 2 aromatic carbocycles. The van der Waals surface area contributed by atoms with E-state index in [1.807, 2.05) is 24.3 Å². The monoisotopic (exact) mass is 343 g/mol. The minimum absolute atomic E-state index is 0.305. The van der Waals surface area contributed by atoms with Crippen molar-refractivity contribution in [3.8, 4) is 5.75 Å². The largest absolute Gasteiger partial charge is 0.496 e. The van der Waals surface area contributed by atoms with Gasteiger partial charge in [0.05, 0.1) is 12.7 Å². The molecule has 1 amide bonds. The van der Waals surface area contributed by atoms with Crippen molar-refractivity contribution < 1.29 is 9.53 Å². The molecule has 0 radical (unpaired) electrons. The molecule has 0 bridgehead atoms. The number of rotatable bonds is 6. The molecule has 5 nitrogen and oxygen atoms in total. The lowest BCUT2D eigenvalue weighted by Crippen LogP contribution is -2.47. The summed E-state index contributed by atoms with van der Waals surface area (Å²) < 4.78 is 5.16. The highest BCUT2D eigenvalue weighted by molar-refractivity contribution is 7.80. The first-order chi connectivity index (χ1) is 11.7. The molecule has 0 fully saturated rings. The van der Waals surface area contributed by atoms with E-state index in [1.165, 1.54) is 12.7 Å². The lowest BCUT2D eigenvalue weighted by atomic mass is 10.1. The minimum Gasteiger partial charge on any atom is -0.496 e. The number of amides is 1. The number of carbonyl (C=O) groups is 1. The van der Waals surface area contributed by atoms with E-state index >= 15 is 0 Å². The van der Waals surface area contributed by atoms with Gasteiger partial charge >= 0.3 is 0 Å². The van der Waals surface area contributed by atoms with Crippen LogP contribution in [0.2, 0.25) is 0 Å². The highest BCUT2D eigenvalue weighted by Gasteiger charge is 2.11. The van der Waals surface area contributed by atoms with E-state index in [-0.39, 0.29) is 5.91 Å². The van der Waals surface area contributed by atoms with E-state index in [4.69, 9.17) is 17.0 Å². The Labute approximate surface area is 147 Å². The topological polar surface area (TPSA) is 62.4 Å². The molecule has 126 valence electrons. The van der Waals surface area contributed by atoms with E-state index in [0.29, 0.717) is 16.4 Å². The van der Waals surface area contributed by atoms with Gasteiger partial charge in [0.1, 0.15) is 5.75 Å². The Balaban J connectivity index is 1.68. The van der Waals surface area contributed by atoms with Crippen molar-refractivity contribution in [2.75, 3.05) is 13.7 Å². The second-order valence-electron chi connectivity index (χ2n) is 5.12. The second-order valence-corrected chi connectivity index (χ2v) is 5.53. The highest BCUT2D eigenvalue weighted by Crippen LogP contribution is 2.16. The van der Waals surface area contributed by atoms with Gasteiger partial charge in [-0.25, -0.2) is 0 Å². The fourth-order valence-corrected chi connectivity index (χ4v) is 2.35. The summed E-state index contributed by atoms with van der Waals surface area (Å²) in [7, 11) is 1.53. The number of hydrazine groups is 1. The van der Waals surface area contributed by atoms with Crippen molar-refractivity contribution in [2.24, 2.45) is 0 Å². The second kappa shape index (κ2) is 9.52. The van der Waals surface area contributed by atoms with Crippen molar-refractivity contribution >= 4 is 23.2 Å². The van der Waals surface area contributed by atoms with Crippen LogP contribution in [0.15, 0.2) is 54.6 Å². The van der Waals surface area contributed by atoms with Crippen LogP contribution in [0.5, 0.6) is 5.75 Å². The van der Waals surface area contributed by atoms with Crippen LogP contribution in [-0.2, 0) is 6.42 Å². The molecule has 0 saturated heterocycles. The van der Waals surface area contributed by atoms with Crippen LogP contribution >= 0.6 is 12.2 Å². The van der Waals surface area contributed by atoms with Crippen molar-refractivity contribution in [1.82, 2.24) is 16.2 Å². The predicted octanol–water partition coefficient (Wildman–Crippen LogP) is 2.44. The number of aryl methyl sites for hydroxylation is 1. The summed E-state index contributed by atoms with van der Waals surface area (Å²) >= 11 is 5.15. The fraction of sp³-hybridized carbons (Fsp3) is 0.222. The normalized spacial score (nSPS) is 9.88. The summed E-state index contributed by atoms with van der Waals surface area (Å²) in [5, 5.41) is 3.44. The Morgan fingerprint density at radius 1 is 1.04 bits per heavy atom. The highest BCUT2D eigenvalue weighted by atomic mass is 32.1. The summed E-state index contributed by atoms with van der Waals surface area (Å²) in [6, 6.07) is 17.3. The molecule has 24 heavy (non-hydrogen) atoms. The maximum atomic E-state index is 12.1. The van der Waals surface area contributed by atoms with Crippen molar-refractivity contribution in [2.45, 2.75) is 12.8 Å². The Bertz CT molecular complexity index is 677. The van der Waals surface area contributed by atoms with Crippen LogP contribution in [-0.4, -0.2) is 24.7 Å². The van der Waals surface area contributed by atoms with Gasteiger partial charge in [-0.3, -0.25) is 15.6 Å². The van der Waals surface area contributed by atoms with E-state index in [2.05, 4.69) is 28.3 Å². The molecule has 0 aliphatic heterocycles. The molecule has 2 aromatic rings. The number of hydrogen-bond acceptors (Lipinski definition) is 3. The summed E-state index contributed by atoms with van der Waals surface area (Å²) in [4.78, 5) is 12.1. The maximum Gasteiger partial charge on any atom is 0.273 e. The number of thiocarbonyl (C=S) groups is 1. The van der Waals surface area contributed by atoms with Crippen LogP contribution in [0.25, 0.3) is 0 Å². The Morgan fingerprint density at radius 2 is 1.75 bits per heavy atom. The van der Waals surface area contributed by atoms with Gasteiger partial charge in [0, 0.05) is 6.54 Å². The quantitative estimate of drug-likeness (QED) is 0.427. The molecule has 0 aromatic heterocycles. The molecule has 0 unspecified atom stereocenters. The van der Waals surface area contributed by atoms with Crippen LogP contribution < -0.4 is 20.9 Å². The van der Waals surface area contributed by atoms with Crippen LogP contribution in [0.4, 0.5) is 0 Å². The number of carbonyl (C=O) groups excluding carboxylic acids is 1. The fourth-order valence-electron chi connectivity index (χ4n) is 2.20. The molecular weight excluding hydrogens is 322 g/mol. The van der Waals surface area contributed by atoms with E-state index in [1.54, 1.807) is 18.2 Å². The summed E-state index contributed by atoms with van der Waals surface area (Å²) in [5.41, 5.74) is 6.99. The van der Waals surface area contributed by atoms with Crippen molar-refractivity contribution in [1.29, 1.82) is 0 Å². The number of ether oxygens (including phenoxy) is 1. The minimum atomic E-state index is -0.305. The third kappa shape index (κ3) is 5.55. The van der Waals surface area contributed by atoms with Gasteiger partial charge in [-0.15, -0.1) is 0 Å². The van der Waals surface area contributed by atoms with Gasteiger partial charge in [-0.2, -0.15) is 0 Å². The van der Waals surface area contributed by atoms with Gasteiger partial charge in [0.25, 0.3) is 5.91 Å². The molecule has 2 rings (SSSR count). The number of nitrogens with one attached hydrogen (secondary N) is 3. The van der Waals surface area contributed by atoms with E-state index < -0.39 is 0 Å². The first-order valence-corrected chi connectivity index (χ1v) is 8.12. The van der Waals surface area contributed by atoms with Crippen molar-refractivity contribution in [3.05, 3.63) is 65.7 Å². The Morgan fingerprint density at radius 3 is 2.50 bits per heavy atom. The molecule has 0 spiro atoms. The summed E-state index contributed by atoms with van der Waals surface area (Å²) in [5.74, 6) is 0.208. The third-order valence-electron chi connectivity index (χ3n) is 3.41. The standard InChI is InChI=1S/C18H21N3O2S/c1-23-16-12-6-5-11-15(16)17(22)20-21-18(24)19-13-7-10-14-8-3-2-4-9-14/h2-6,8-9,11-12H,7,10,13H2,1H3,(H,20,22)(H2,19,21,24).